The first-order valence-electron chi connectivity index (χ1n) is 8.89. The zero-order valence-corrected chi connectivity index (χ0v) is 17.3. The Bertz CT molecular complexity index is 1190. The van der Waals surface area contributed by atoms with Crippen LogP contribution in [0.25, 0.3) is 22.2 Å². The highest BCUT2D eigenvalue weighted by atomic mass is 79.9. The second kappa shape index (κ2) is 6.94. The highest BCUT2D eigenvalue weighted by Gasteiger charge is 2.29. The Morgan fingerprint density at radius 2 is 2.14 bits per heavy atom. The Balaban J connectivity index is 1.58. The van der Waals surface area contributed by atoms with Gasteiger partial charge in [0.2, 0.25) is 0 Å². The minimum Gasteiger partial charge on any atom is -0.389 e. The van der Waals surface area contributed by atoms with Crippen molar-refractivity contribution in [3.05, 3.63) is 34.7 Å². The number of aryl methyl sites for hydroxylation is 1. The van der Waals surface area contributed by atoms with Gasteiger partial charge in [-0.2, -0.15) is 0 Å². The Labute approximate surface area is 173 Å². The molecule has 0 amide bonds. The number of hydrogen-bond acceptors (Lipinski definition) is 8. The van der Waals surface area contributed by atoms with Gasteiger partial charge in [0.25, 0.3) is 0 Å². The summed E-state index contributed by atoms with van der Waals surface area (Å²) in [5, 5.41) is 11.9. The molecule has 2 N–H and O–H groups in total. The van der Waals surface area contributed by atoms with Gasteiger partial charge < -0.3 is 15.0 Å². The molecule has 5 heterocycles. The molecule has 0 spiro atoms. The number of aromatic nitrogens is 6. The van der Waals surface area contributed by atoms with E-state index in [1.807, 2.05) is 12.1 Å². The van der Waals surface area contributed by atoms with E-state index < -0.39 is 0 Å². The van der Waals surface area contributed by atoms with Gasteiger partial charge in [0.15, 0.2) is 10.8 Å². The number of nitrogens with zero attached hydrogens (tertiary/aromatic N) is 6. The fourth-order valence-corrected chi connectivity index (χ4v) is 4.63. The number of hydrogen-bond donors (Lipinski definition) is 2. The van der Waals surface area contributed by atoms with E-state index in [2.05, 4.69) is 52.7 Å². The molecular weight excluding hydrogens is 442 g/mol. The number of nitrogens with one attached hydrogen (secondary N) is 1. The van der Waals surface area contributed by atoms with Crippen molar-refractivity contribution in [2.75, 3.05) is 18.0 Å². The van der Waals surface area contributed by atoms with Crippen molar-refractivity contribution < 1.29 is 5.11 Å². The summed E-state index contributed by atoms with van der Waals surface area (Å²) in [6.45, 7) is 3.22. The van der Waals surface area contributed by atoms with Crippen molar-refractivity contribution in [1.82, 2.24) is 29.9 Å². The average Bonchev–Trinajstić information content (AvgIpc) is 3.00. The molecule has 8 nitrogen and oxygen atoms in total. The second-order valence-electron chi connectivity index (χ2n) is 6.54. The molecule has 28 heavy (non-hydrogen) atoms. The number of halogens is 1. The lowest BCUT2D eigenvalue weighted by molar-refractivity contribution is 0.141. The van der Waals surface area contributed by atoms with Gasteiger partial charge in [-0.3, -0.25) is 4.98 Å². The van der Waals surface area contributed by atoms with E-state index in [4.69, 9.17) is 4.98 Å². The summed E-state index contributed by atoms with van der Waals surface area (Å²) >= 11 is 5.03. The third kappa shape index (κ3) is 3.01. The van der Waals surface area contributed by atoms with Crippen LogP contribution in [0, 0.1) is 0 Å². The zero-order valence-electron chi connectivity index (χ0n) is 14.9. The van der Waals surface area contributed by atoms with Crippen molar-refractivity contribution in [1.29, 1.82) is 0 Å². The number of fused-ring (bicyclic) bond motifs is 2. The second-order valence-corrected chi connectivity index (χ2v) is 8.32. The molecule has 0 saturated carbocycles. The lowest BCUT2D eigenvalue weighted by Crippen LogP contribution is -2.51. The Morgan fingerprint density at radius 3 is 2.93 bits per heavy atom. The van der Waals surface area contributed by atoms with Crippen molar-refractivity contribution in [2.24, 2.45) is 0 Å². The van der Waals surface area contributed by atoms with Gasteiger partial charge in [0, 0.05) is 25.0 Å². The lowest BCUT2D eigenvalue weighted by Gasteiger charge is -2.37. The molecule has 4 aromatic rings. The fourth-order valence-electron chi connectivity index (χ4n) is 3.19. The number of H-pyrrole nitrogens is 1. The van der Waals surface area contributed by atoms with E-state index in [1.54, 1.807) is 12.4 Å². The number of aliphatic hydroxyl groups excluding tert-OH is 1. The van der Waals surface area contributed by atoms with Gasteiger partial charge in [-0.15, -0.1) is 0 Å². The predicted octanol–water partition coefficient (Wildman–Crippen LogP) is 2.95. The van der Waals surface area contributed by atoms with E-state index in [0.717, 1.165) is 39.0 Å². The standard InChI is InChI=1S/C18H16BrN7OS/c1-2-10-14(19)13-16(22-10)24-18(25-17(13)26-7-9(27)8-26)28-12-6-21-11-4-3-5-20-15(11)23-12/h3-6,9,27H,2,7-8H2,1H3,(H,22,24,25). The maximum atomic E-state index is 9.74. The molecule has 0 radical (unpaired) electrons. The average molecular weight is 458 g/mol. The molecule has 142 valence electrons. The summed E-state index contributed by atoms with van der Waals surface area (Å²) in [6.07, 6.45) is 3.94. The third-order valence-electron chi connectivity index (χ3n) is 4.63. The summed E-state index contributed by atoms with van der Waals surface area (Å²) in [5.41, 5.74) is 3.18. The van der Waals surface area contributed by atoms with Crippen LogP contribution in [-0.4, -0.2) is 54.2 Å². The third-order valence-corrected chi connectivity index (χ3v) is 6.28. The zero-order chi connectivity index (χ0) is 19.3. The summed E-state index contributed by atoms with van der Waals surface area (Å²) in [7, 11) is 0. The molecule has 0 aromatic carbocycles. The van der Waals surface area contributed by atoms with Crippen LogP contribution >= 0.6 is 27.7 Å². The van der Waals surface area contributed by atoms with Crippen LogP contribution in [0.5, 0.6) is 0 Å². The van der Waals surface area contributed by atoms with Crippen LogP contribution in [0.15, 0.2) is 39.2 Å². The topological polar surface area (TPSA) is 104 Å². The maximum Gasteiger partial charge on any atom is 0.197 e. The molecule has 0 bridgehead atoms. The number of pyridine rings is 1. The van der Waals surface area contributed by atoms with Crippen LogP contribution in [0.2, 0.25) is 0 Å². The molecule has 0 atom stereocenters. The molecule has 0 unspecified atom stereocenters. The van der Waals surface area contributed by atoms with Crippen LogP contribution in [-0.2, 0) is 6.42 Å². The molecule has 1 aliphatic heterocycles. The van der Waals surface area contributed by atoms with E-state index in [0.29, 0.717) is 28.9 Å². The highest BCUT2D eigenvalue weighted by molar-refractivity contribution is 9.10. The van der Waals surface area contributed by atoms with Crippen LogP contribution in [0.4, 0.5) is 5.82 Å². The van der Waals surface area contributed by atoms with E-state index >= 15 is 0 Å². The summed E-state index contributed by atoms with van der Waals surface area (Å²) in [4.78, 5) is 28.1. The molecule has 0 aliphatic carbocycles. The van der Waals surface area contributed by atoms with Gasteiger partial charge in [-0.1, -0.05) is 6.92 Å². The van der Waals surface area contributed by atoms with Gasteiger partial charge in [-0.05, 0) is 46.2 Å². The van der Waals surface area contributed by atoms with Gasteiger partial charge in [-0.25, -0.2) is 19.9 Å². The Kier molecular flexibility index (Phi) is 4.41. The molecule has 1 aliphatic rings. The molecule has 4 aromatic heterocycles. The predicted molar refractivity (Wildman–Crippen MR) is 111 cm³/mol. The van der Waals surface area contributed by atoms with Crippen molar-refractivity contribution in [3.63, 3.8) is 0 Å². The van der Waals surface area contributed by atoms with Crippen LogP contribution < -0.4 is 4.90 Å². The van der Waals surface area contributed by atoms with Gasteiger partial charge >= 0.3 is 0 Å². The number of aliphatic hydroxyl groups is 1. The molecule has 1 fully saturated rings. The summed E-state index contributed by atoms with van der Waals surface area (Å²) in [6, 6.07) is 3.71. The molecule has 10 heteroatoms. The number of aromatic amines is 1. The molecule has 1 saturated heterocycles. The van der Waals surface area contributed by atoms with E-state index in [-0.39, 0.29) is 6.10 Å². The quantitative estimate of drug-likeness (QED) is 0.450. The Morgan fingerprint density at radius 1 is 1.29 bits per heavy atom. The number of rotatable bonds is 4. The largest absolute Gasteiger partial charge is 0.389 e. The molecular formula is C18H16BrN7OS. The normalized spacial score (nSPS) is 14.8. The van der Waals surface area contributed by atoms with Gasteiger partial charge in [0.1, 0.15) is 22.0 Å². The number of β-amino-alcohol motifs (C(OH)–C–C–N with tert-alkyl or cyclic N) is 1. The smallest absolute Gasteiger partial charge is 0.197 e. The highest BCUT2D eigenvalue weighted by Crippen LogP contribution is 2.37. The van der Waals surface area contributed by atoms with E-state index in [9.17, 15) is 5.11 Å². The van der Waals surface area contributed by atoms with Crippen molar-refractivity contribution >= 4 is 55.7 Å². The van der Waals surface area contributed by atoms with Crippen molar-refractivity contribution in [2.45, 2.75) is 29.6 Å². The summed E-state index contributed by atoms with van der Waals surface area (Å²) in [5.74, 6) is 0.812. The Hall–Kier alpha value is -2.30. The molecule has 5 rings (SSSR count). The SMILES string of the molecule is CCc1[nH]c2nc(Sc3cnc4cccnc4n3)nc(N3CC(O)C3)c2c1Br. The number of anilines is 1. The first-order chi connectivity index (χ1) is 13.6. The van der Waals surface area contributed by atoms with Crippen LogP contribution in [0.3, 0.4) is 0 Å². The first kappa shape index (κ1) is 17.8. The minimum absolute atomic E-state index is 0.318. The van der Waals surface area contributed by atoms with Crippen molar-refractivity contribution in [3.8, 4) is 0 Å². The maximum absolute atomic E-state index is 9.74. The minimum atomic E-state index is -0.318. The van der Waals surface area contributed by atoms with E-state index in [1.165, 1.54) is 11.8 Å². The van der Waals surface area contributed by atoms with Gasteiger partial charge in [0.05, 0.1) is 22.2 Å². The fraction of sp³-hybridized carbons (Fsp3) is 0.278. The monoisotopic (exact) mass is 457 g/mol. The first-order valence-corrected chi connectivity index (χ1v) is 10.5. The summed E-state index contributed by atoms with van der Waals surface area (Å²) < 4.78 is 0.979. The lowest BCUT2D eigenvalue weighted by atomic mass is 10.1. The van der Waals surface area contributed by atoms with Crippen LogP contribution in [0.1, 0.15) is 12.6 Å².